The number of nitrogens with zero attached hydrogens (tertiary/aromatic N) is 1. The number of carbonyl (C=O) groups is 1. The number of nitrogens with one attached hydrogen (secondary N) is 3. The van der Waals surface area contributed by atoms with Crippen molar-refractivity contribution in [2.24, 2.45) is 0 Å². The van der Waals surface area contributed by atoms with Gasteiger partial charge in [-0.15, -0.1) is 0 Å². The van der Waals surface area contributed by atoms with Crippen molar-refractivity contribution in [2.45, 2.75) is 13.5 Å². The summed E-state index contributed by atoms with van der Waals surface area (Å²) < 4.78 is 5.95. The summed E-state index contributed by atoms with van der Waals surface area (Å²) in [5.74, 6) is 0.640. The van der Waals surface area contributed by atoms with Crippen LogP contribution in [0, 0.1) is 0 Å². The van der Waals surface area contributed by atoms with E-state index in [9.17, 15) is 4.79 Å². The molecule has 1 amide bonds. The third-order valence-electron chi connectivity index (χ3n) is 6.12. The smallest absolute Gasteiger partial charge is 0.258 e. The molecule has 3 aromatic carbocycles. The fourth-order valence-corrected chi connectivity index (χ4v) is 4.48. The highest BCUT2D eigenvalue weighted by Crippen LogP contribution is 2.41. The summed E-state index contributed by atoms with van der Waals surface area (Å²) in [6, 6.07) is 19.8. The summed E-state index contributed by atoms with van der Waals surface area (Å²) in [6.45, 7) is 5.29. The van der Waals surface area contributed by atoms with Gasteiger partial charge in [0.15, 0.2) is 0 Å². The van der Waals surface area contributed by atoms with E-state index in [0.717, 1.165) is 53.6 Å². The summed E-state index contributed by atoms with van der Waals surface area (Å²) in [6.07, 6.45) is 0. The van der Waals surface area contributed by atoms with Gasteiger partial charge in [0.05, 0.1) is 29.2 Å². The highest BCUT2D eigenvalue weighted by molar-refractivity contribution is 6.38. The van der Waals surface area contributed by atoms with Crippen molar-refractivity contribution < 1.29 is 9.53 Å². The number of likely N-dealkylation sites (N-methyl/N-ethyl adjacent to an activating group) is 1. The van der Waals surface area contributed by atoms with Gasteiger partial charge in [-0.3, -0.25) is 4.79 Å². The molecule has 3 aromatic rings. The normalized spacial score (nSPS) is 15.9. The lowest BCUT2D eigenvalue weighted by Crippen LogP contribution is -2.28. The first-order chi connectivity index (χ1) is 16.5. The molecule has 0 aromatic heterocycles. The predicted octanol–water partition coefficient (Wildman–Crippen LogP) is 5.21. The van der Waals surface area contributed by atoms with Crippen LogP contribution in [-0.2, 0) is 11.3 Å². The Morgan fingerprint density at radius 2 is 1.94 bits per heavy atom. The summed E-state index contributed by atoms with van der Waals surface area (Å²) in [5.41, 5.74) is 6.83. The standard InChI is InChI=1S/C27H27ClN4O2/c1-3-29-16-17-4-8-20(9-5-17)30-26(18-6-11-23-24(14-18)34-13-12-32(23)2)25-21-10-7-19(28)15-22(21)31-27(25)33/h4-11,14-15,29-30H,3,12-13,16H2,1-2H3,(H,31,33)/b26-25-. The summed E-state index contributed by atoms with van der Waals surface area (Å²) in [7, 11) is 2.05. The Hall–Kier alpha value is -3.48. The number of ether oxygens (including phenoxy) is 1. The van der Waals surface area contributed by atoms with Crippen molar-refractivity contribution >= 4 is 45.8 Å². The topological polar surface area (TPSA) is 65.6 Å². The Balaban J connectivity index is 1.60. The van der Waals surface area contributed by atoms with Crippen LogP contribution >= 0.6 is 11.6 Å². The van der Waals surface area contributed by atoms with Gasteiger partial charge in [-0.05, 0) is 48.5 Å². The first kappa shape index (κ1) is 22.3. The number of hydrogen-bond acceptors (Lipinski definition) is 5. The molecular formula is C27H27ClN4O2. The van der Waals surface area contributed by atoms with Crippen LogP contribution < -0.4 is 25.6 Å². The van der Waals surface area contributed by atoms with Crippen LogP contribution in [0.3, 0.4) is 0 Å². The average molecular weight is 475 g/mol. The largest absolute Gasteiger partial charge is 0.490 e. The number of fused-ring (bicyclic) bond motifs is 2. The van der Waals surface area contributed by atoms with Crippen molar-refractivity contribution in [3.63, 3.8) is 0 Å². The van der Waals surface area contributed by atoms with Crippen molar-refractivity contribution in [2.75, 3.05) is 42.3 Å². The second-order valence-corrected chi connectivity index (χ2v) is 8.89. The van der Waals surface area contributed by atoms with Crippen molar-refractivity contribution in [3.8, 4) is 5.75 Å². The number of amides is 1. The minimum Gasteiger partial charge on any atom is -0.490 e. The first-order valence-electron chi connectivity index (χ1n) is 11.4. The second kappa shape index (κ2) is 9.41. The van der Waals surface area contributed by atoms with Gasteiger partial charge in [-0.1, -0.05) is 42.8 Å². The lowest BCUT2D eigenvalue weighted by molar-refractivity contribution is -0.110. The molecule has 0 bridgehead atoms. The van der Waals surface area contributed by atoms with Crippen LogP contribution in [0.2, 0.25) is 5.02 Å². The molecule has 0 radical (unpaired) electrons. The molecule has 3 N–H and O–H groups in total. The van der Waals surface area contributed by atoms with Crippen LogP contribution in [0.15, 0.2) is 60.7 Å². The number of hydrogen-bond donors (Lipinski definition) is 3. The van der Waals surface area contributed by atoms with E-state index in [1.54, 1.807) is 12.1 Å². The van der Waals surface area contributed by atoms with Crippen LogP contribution in [0.25, 0.3) is 11.3 Å². The maximum absolute atomic E-state index is 13.2. The van der Waals surface area contributed by atoms with E-state index >= 15 is 0 Å². The van der Waals surface area contributed by atoms with Gasteiger partial charge in [-0.25, -0.2) is 0 Å². The van der Waals surface area contributed by atoms with Crippen LogP contribution in [0.4, 0.5) is 17.1 Å². The lowest BCUT2D eigenvalue weighted by atomic mass is 9.99. The molecule has 174 valence electrons. The van der Waals surface area contributed by atoms with Crippen molar-refractivity contribution in [1.29, 1.82) is 0 Å². The molecule has 6 nitrogen and oxygen atoms in total. The SMILES string of the molecule is CCNCc1ccc(N/C(=C2\C(=O)Nc3cc(Cl)ccc32)c2ccc3c(c2)OCCN3C)cc1. The highest BCUT2D eigenvalue weighted by atomic mass is 35.5. The number of benzene rings is 3. The molecule has 7 heteroatoms. The molecule has 2 aliphatic rings. The van der Waals surface area contributed by atoms with Gasteiger partial charge in [0.25, 0.3) is 5.91 Å². The maximum atomic E-state index is 13.2. The third kappa shape index (κ3) is 4.34. The Bertz CT molecular complexity index is 1270. The number of carbonyl (C=O) groups excluding carboxylic acids is 1. The predicted molar refractivity (Wildman–Crippen MR) is 140 cm³/mol. The van der Waals surface area contributed by atoms with Gasteiger partial charge >= 0.3 is 0 Å². The third-order valence-corrected chi connectivity index (χ3v) is 6.36. The monoisotopic (exact) mass is 474 g/mol. The fraction of sp³-hybridized carbons (Fsp3) is 0.222. The molecule has 0 spiro atoms. The van der Waals surface area contributed by atoms with Gasteiger partial charge in [0.2, 0.25) is 0 Å². The number of anilines is 3. The summed E-state index contributed by atoms with van der Waals surface area (Å²) in [4.78, 5) is 15.3. The van der Waals surface area contributed by atoms with Crippen molar-refractivity contribution in [1.82, 2.24) is 5.32 Å². The molecule has 2 heterocycles. The van der Waals surface area contributed by atoms with Gasteiger partial charge in [0, 0.05) is 35.4 Å². The van der Waals surface area contributed by atoms with E-state index in [4.69, 9.17) is 16.3 Å². The lowest BCUT2D eigenvalue weighted by Gasteiger charge is -2.28. The zero-order chi connectivity index (χ0) is 23.7. The van der Waals surface area contributed by atoms with E-state index < -0.39 is 0 Å². The molecule has 34 heavy (non-hydrogen) atoms. The van der Waals surface area contributed by atoms with Gasteiger partial charge in [-0.2, -0.15) is 0 Å². The minimum absolute atomic E-state index is 0.167. The highest BCUT2D eigenvalue weighted by Gasteiger charge is 2.29. The Labute approximate surface area is 204 Å². The van der Waals surface area contributed by atoms with E-state index in [2.05, 4.69) is 47.0 Å². The maximum Gasteiger partial charge on any atom is 0.258 e. The van der Waals surface area contributed by atoms with Crippen LogP contribution in [-0.4, -0.2) is 32.7 Å². The Kier molecular flexibility index (Phi) is 6.18. The Morgan fingerprint density at radius 1 is 1.12 bits per heavy atom. The van der Waals surface area contributed by atoms with Crippen LogP contribution in [0.5, 0.6) is 5.75 Å². The number of rotatable bonds is 6. The quantitative estimate of drug-likeness (QED) is 0.428. The molecule has 0 fully saturated rings. The molecule has 0 atom stereocenters. The summed E-state index contributed by atoms with van der Waals surface area (Å²) in [5, 5.41) is 10.4. The second-order valence-electron chi connectivity index (χ2n) is 8.45. The molecule has 0 saturated heterocycles. The van der Waals surface area contributed by atoms with E-state index in [-0.39, 0.29) is 5.91 Å². The molecule has 0 aliphatic carbocycles. The fourth-order valence-electron chi connectivity index (χ4n) is 4.31. The zero-order valence-electron chi connectivity index (χ0n) is 19.2. The van der Waals surface area contributed by atoms with E-state index in [1.807, 2.05) is 36.4 Å². The first-order valence-corrected chi connectivity index (χ1v) is 11.8. The molecule has 0 saturated carbocycles. The average Bonchev–Trinajstić information content (AvgIpc) is 3.16. The zero-order valence-corrected chi connectivity index (χ0v) is 20.0. The Morgan fingerprint density at radius 3 is 2.74 bits per heavy atom. The molecule has 2 aliphatic heterocycles. The van der Waals surface area contributed by atoms with Gasteiger partial charge < -0.3 is 25.6 Å². The van der Waals surface area contributed by atoms with E-state index in [1.165, 1.54) is 5.56 Å². The van der Waals surface area contributed by atoms with Crippen LogP contribution in [0.1, 0.15) is 23.6 Å². The molecule has 0 unspecified atom stereocenters. The summed E-state index contributed by atoms with van der Waals surface area (Å²) >= 11 is 6.18. The van der Waals surface area contributed by atoms with Crippen molar-refractivity contribution in [3.05, 3.63) is 82.4 Å². The van der Waals surface area contributed by atoms with Gasteiger partial charge in [0.1, 0.15) is 12.4 Å². The molecule has 5 rings (SSSR count). The van der Waals surface area contributed by atoms with E-state index in [0.29, 0.717) is 22.9 Å². The molecular weight excluding hydrogens is 448 g/mol. The minimum atomic E-state index is -0.167. The number of halogens is 1.